The highest BCUT2D eigenvalue weighted by Gasteiger charge is 2.37. The van der Waals surface area contributed by atoms with Gasteiger partial charge in [-0.15, -0.1) is 11.3 Å². The number of rotatable bonds is 4. The molecule has 30 heavy (non-hydrogen) atoms. The second kappa shape index (κ2) is 8.36. The maximum absolute atomic E-state index is 13.5. The van der Waals surface area contributed by atoms with Gasteiger partial charge in [0, 0.05) is 30.4 Å². The van der Waals surface area contributed by atoms with Crippen molar-refractivity contribution in [3.8, 4) is 0 Å². The molecule has 0 radical (unpaired) electrons. The summed E-state index contributed by atoms with van der Waals surface area (Å²) in [7, 11) is -3.92. The van der Waals surface area contributed by atoms with Crippen molar-refractivity contribution in [2.75, 3.05) is 19.6 Å². The van der Waals surface area contributed by atoms with Crippen molar-refractivity contribution >= 4 is 27.3 Å². The number of carbonyl (C=O) groups excluding carboxylic acids is 1. The number of hydrogen-bond acceptors (Lipinski definition) is 4. The number of piperidine rings is 1. The second-order valence-electron chi connectivity index (χ2n) is 7.76. The lowest BCUT2D eigenvalue weighted by Gasteiger charge is -2.39. The van der Waals surface area contributed by atoms with Crippen LogP contribution in [0.3, 0.4) is 0 Å². The van der Waals surface area contributed by atoms with Crippen LogP contribution in [0.15, 0.2) is 34.5 Å². The number of nitrogens with zero attached hydrogens (tertiary/aromatic N) is 2. The van der Waals surface area contributed by atoms with Gasteiger partial charge in [-0.2, -0.15) is 4.31 Å². The van der Waals surface area contributed by atoms with Crippen LogP contribution in [0.25, 0.3) is 0 Å². The van der Waals surface area contributed by atoms with E-state index in [0.717, 1.165) is 25.0 Å². The fourth-order valence-corrected chi connectivity index (χ4v) is 6.87. The Morgan fingerprint density at radius 2 is 1.87 bits per heavy atom. The molecule has 1 fully saturated rings. The Labute approximate surface area is 179 Å². The molecule has 1 atom stereocenters. The Balaban J connectivity index is 1.44. The number of amides is 1. The van der Waals surface area contributed by atoms with Gasteiger partial charge in [-0.1, -0.05) is 6.92 Å². The Bertz CT molecular complexity index is 1050. The van der Waals surface area contributed by atoms with Crippen molar-refractivity contribution in [2.45, 2.75) is 43.5 Å². The minimum Gasteiger partial charge on any atom is -0.335 e. The first-order chi connectivity index (χ1) is 14.3. The maximum Gasteiger partial charge on any atom is 0.243 e. The van der Waals surface area contributed by atoms with Gasteiger partial charge < -0.3 is 4.90 Å². The van der Waals surface area contributed by atoms with Crippen molar-refractivity contribution in [1.29, 1.82) is 0 Å². The monoisotopic (exact) mass is 454 g/mol. The number of thiophene rings is 1. The van der Waals surface area contributed by atoms with Gasteiger partial charge in [-0.3, -0.25) is 4.79 Å². The summed E-state index contributed by atoms with van der Waals surface area (Å²) in [6, 6.07) is 4.78. The summed E-state index contributed by atoms with van der Waals surface area (Å²) >= 11 is 1.74. The third kappa shape index (κ3) is 3.78. The van der Waals surface area contributed by atoms with E-state index in [1.165, 1.54) is 14.7 Å². The molecule has 0 spiro atoms. The lowest BCUT2D eigenvalue weighted by atomic mass is 9.92. The Hall–Kier alpha value is -1.84. The summed E-state index contributed by atoms with van der Waals surface area (Å²) in [6.07, 6.45) is 2.55. The van der Waals surface area contributed by atoms with E-state index in [9.17, 15) is 22.0 Å². The summed E-state index contributed by atoms with van der Waals surface area (Å²) in [5, 5.41) is 2.07. The zero-order valence-corrected chi connectivity index (χ0v) is 18.3. The van der Waals surface area contributed by atoms with Crippen LogP contribution >= 0.6 is 11.3 Å². The molecule has 1 saturated heterocycles. The molecule has 1 unspecified atom stereocenters. The number of benzene rings is 1. The molecule has 0 aliphatic carbocycles. The van der Waals surface area contributed by atoms with E-state index in [-0.39, 0.29) is 35.9 Å². The summed E-state index contributed by atoms with van der Waals surface area (Å²) in [5.74, 6) is -2.41. The van der Waals surface area contributed by atoms with Crippen molar-refractivity contribution in [3.05, 3.63) is 51.7 Å². The number of hydrogen-bond donors (Lipinski definition) is 0. The maximum atomic E-state index is 13.5. The third-order valence-electron chi connectivity index (χ3n) is 6.10. The van der Waals surface area contributed by atoms with Crippen LogP contribution in [0.1, 0.15) is 42.7 Å². The summed E-state index contributed by atoms with van der Waals surface area (Å²) in [5.41, 5.74) is 1.24. The van der Waals surface area contributed by atoms with Gasteiger partial charge in [0.1, 0.15) is 0 Å². The molecule has 1 aromatic carbocycles. The molecular formula is C21H24F2N2O3S2. The molecule has 9 heteroatoms. The predicted octanol–water partition coefficient (Wildman–Crippen LogP) is 3.96. The number of halogens is 2. The van der Waals surface area contributed by atoms with Gasteiger partial charge in [-0.05, 0) is 60.9 Å². The molecule has 0 bridgehead atoms. The van der Waals surface area contributed by atoms with Crippen molar-refractivity contribution in [3.63, 3.8) is 0 Å². The van der Waals surface area contributed by atoms with E-state index < -0.39 is 21.7 Å². The summed E-state index contributed by atoms with van der Waals surface area (Å²) < 4.78 is 53.5. The number of carbonyl (C=O) groups is 1. The van der Waals surface area contributed by atoms with Crippen LogP contribution in [0.4, 0.5) is 8.78 Å². The third-order valence-corrected chi connectivity index (χ3v) is 8.99. The van der Waals surface area contributed by atoms with Crippen LogP contribution in [0.5, 0.6) is 0 Å². The van der Waals surface area contributed by atoms with Gasteiger partial charge in [0.15, 0.2) is 11.6 Å². The van der Waals surface area contributed by atoms with E-state index in [4.69, 9.17) is 0 Å². The topological polar surface area (TPSA) is 57.7 Å². The van der Waals surface area contributed by atoms with E-state index in [1.807, 2.05) is 4.90 Å². The van der Waals surface area contributed by atoms with Gasteiger partial charge >= 0.3 is 0 Å². The normalized spacial score (nSPS) is 20.9. The number of fused-ring (bicyclic) bond motifs is 1. The molecule has 0 saturated carbocycles. The molecule has 4 rings (SSSR count). The van der Waals surface area contributed by atoms with E-state index in [0.29, 0.717) is 25.5 Å². The molecule has 1 aromatic heterocycles. The van der Waals surface area contributed by atoms with Crippen LogP contribution in [-0.2, 0) is 21.2 Å². The average molecular weight is 455 g/mol. The molecule has 1 amide bonds. The first-order valence-electron chi connectivity index (χ1n) is 10.1. The Morgan fingerprint density at radius 3 is 2.53 bits per heavy atom. The fraction of sp³-hybridized carbons (Fsp3) is 0.476. The quantitative estimate of drug-likeness (QED) is 0.703. The zero-order valence-electron chi connectivity index (χ0n) is 16.7. The van der Waals surface area contributed by atoms with Gasteiger partial charge in [0.05, 0.1) is 10.9 Å². The molecule has 162 valence electrons. The first-order valence-corrected chi connectivity index (χ1v) is 12.5. The van der Waals surface area contributed by atoms with Crippen LogP contribution in [0, 0.1) is 17.6 Å². The van der Waals surface area contributed by atoms with E-state index in [1.54, 1.807) is 11.3 Å². The molecule has 3 heterocycles. The standard InChI is InChI=1S/C21H24F2N2O3S2/c1-2-19-16-8-12-29-20(16)7-11-25(19)21(26)14-5-9-24(10-6-14)30(27,28)15-3-4-17(22)18(23)13-15/h3-4,8,12-14,19H,2,5-7,9-11H2,1H3. The highest BCUT2D eigenvalue weighted by Crippen LogP contribution is 2.37. The first kappa shape index (κ1) is 21.4. The Morgan fingerprint density at radius 1 is 1.13 bits per heavy atom. The molecule has 2 aromatic rings. The minimum atomic E-state index is -3.92. The smallest absolute Gasteiger partial charge is 0.243 e. The average Bonchev–Trinajstić information content (AvgIpc) is 3.23. The minimum absolute atomic E-state index is 0.0800. The van der Waals surface area contributed by atoms with Gasteiger partial charge in [0.2, 0.25) is 15.9 Å². The van der Waals surface area contributed by atoms with Crippen LogP contribution in [-0.4, -0.2) is 43.2 Å². The highest BCUT2D eigenvalue weighted by molar-refractivity contribution is 7.89. The molecule has 2 aliphatic rings. The summed E-state index contributed by atoms with van der Waals surface area (Å²) in [6.45, 7) is 3.14. The van der Waals surface area contributed by atoms with Crippen molar-refractivity contribution in [2.24, 2.45) is 5.92 Å². The second-order valence-corrected chi connectivity index (χ2v) is 10.7. The van der Waals surface area contributed by atoms with E-state index >= 15 is 0 Å². The van der Waals surface area contributed by atoms with Crippen molar-refractivity contribution < 1.29 is 22.0 Å². The van der Waals surface area contributed by atoms with Gasteiger partial charge in [0.25, 0.3) is 0 Å². The Kier molecular flexibility index (Phi) is 5.96. The number of sulfonamides is 1. The molecule has 2 aliphatic heterocycles. The predicted molar refractivity (Wildman–Crippen MR) is 111 cm³/mol. The summed E-state index contributed by atoms with van der Waals surface area (Å²) in [4.78, 5) is 16.3. The van der Waals surface area contributed by atoms with Crippen LogP contribution in [0.2, 0.25) is 0 Å². The lowest BCUT2D eigenvalue weighted by molar-refractivity contribution is -0.139. The molecular weight excluding hydrogens is 430 g/mol. The lowest BCUT2D eigenvalue weighted by Crippen LogP contribution is -2.47. The van der Waals surface area contributed by atoms with E-state index in [2.05, 4.69) is 18.4 Å². The largest absolute Gasteiger partial charge is 0.335 e. The SMILES string of the molecule is CCC1c2ccsc2CCN1C(=O)C1CCN(S(=O)(=O)c2ccc(F)c(F)c2)CC1. The van der Waals surface area contributed by atoms with Crippen LogP contribution < -0.4 is 0 Å². The highest BCUT2D eigenvalue weighted by atomic mass is 32.2. The fourth-order valence-electron chi connectivity index (χ4n) is 4.46. The molecule has 5 nitrogen and oxygen atoms in total. The zero-order chi connectivity index (χ0) is 21.5. The van der Waals surface area contributed by atoms with Crippen molar-refractivity contribution in [1.82, 2.24) is 9.21 Å². The molecule has 0 N–H and O–H groups in total. The van der Waals surface area contributed by atoms with Gasteiger partial charge in [-0.25, -0.2) is 17.2 Å².